The monoisotopic (exact) mass is 378 g/mol. The summed E-state index contributed by atoms with van der Waals surface area (Å²) in [6, 6.07) is 0.645. The van der Waals surface area contributed by atoms with E-state index in [9.17, 15) is 19.5 Å². The van der Waals surface area contributed by atoms with Gasteiger partial charge in [0.25, 0.3) is 11.5 Å². The second-order valence-electron chi connectivity index (χ2n) is 7.12. The Hall–Kier alpha value is -2.11. The van der Waals surface area contributed by atoms with Crippen LogP contribution in [0, 0.1) is 5.92 Å². The van der Waals surface area contributed by atoms with E-state index in [1.807, 2.05) is 13.8 Å². The zero-order valence-electron chi connectivity index (χ0n) is 17.3. The molecule has 1 rings (SSSR count). The van der Waals surface area contributed by atoms with Gasteiger partial charge in [-0.15, -0.1) is 0 Å². The first-order chi connectivity index (χ1) is 12.8. The first-order valence-electron chi connectivity index (χ1n) is 10.1. The third-order valence-corrected chi connectivity index (χ3v) is 5.10. The molecular formula is C21H34N2O4. The normalized spacial score (nSPS) is 13.2. The van der Waals surface area contributed by atoms with E-state index in [1.165, 1.54) is 0 Å². The summed E-state index contributed by atoms with van der Waals surface area (Å²) in [5.74, 6) is -1.91. The van der Waals surface area contributed by atoms with E-state index in [-0.39, 0.29) is 17.0 Å². The Morgan fingerprint density at radius 3 is 2.33 bits per heavy atom. The molecule has 1 aromatic heterocycles. The van der Waals surface area contributed by atoms with Crippen LogP contribution in [0.15, 0.2) is 10.9 Å². The van der Waals surface area contributed by atoms with E-state index < -0.39 is 17.9 Å². The topological polar surface area (TPSA) is 88.4 Å². The van der Waals surface area contributed by atoms with Gasteiger partial charge in [0.05, 0.1) is 0 Å². The Bertz CT molecular complexity index is 709. The second kappa shape index (κ2) is 10.9. The number of pyridine rings is 1. The van der Waals surface area contributed by atoms with E-state index >= 15 is 0 Å². The molecule has 0 spiro atoms. The smallest absolute Gasteiger partial charge is 0.326 e. The maximum Gasteiger partial charge on any atom is 0.326 e. The van der Waals surface area contributed by atoms with E-state index in [0.717, 1.165) is 43.4 Å². The first kappa shape index (κ1) is 22.9. The van der Waals surface area contributed by atoms with Crippen molar-refractivity contribution in [1.29, 1.82) is 0 Å². The molecule has 2 atom stereocenters. The molecule has 0 unspecified atom stereocenters. The number of unbranched alkanes of at least 4 members (excludes halogenated alkanes) is 1. The van der Waals surface area contributed by atoms with Crippen LogP contribution in [0.4, 0.5) is 0 Å². The maximum atomic E-state index is 13.0. The molecule has 1 amide bonds. The SMILES string of the molecule is CCCCn1c(CCC)c(CC)cc(C(=O)N[C@H](C(=O)O)[C@H](C)CC)c1=O. The van der Waals surface area contributed by atoms with Gasteiger partial charge in [-0.2, -0.15) is 0 Å². The van der Waals surface area contributed by atoms with Crippen molar-refractivity contribution in [3.05, 3.63) is 33.2 Å². The van der Waals surface area contributed by atoms with Crippen molar-refractivity contribution in [3.8, 4) is 0 Å². The molecule has 0 saturated carbocycles. The van der Waals surface area contributed by atoms with Gasteiger partial charge in [0, 0.05) is 12.2 Å². The number of nitrogens with zero attached hydrogens (tertiary/aromatic N) is 1. The summed E-state index contributed by atoms with van der Waals surface area (Å²) in [5.41, 5.74) is 1.69. The minimum atomic E-state index is -1.08. The number of aryl methyl sites for hydroxylation is 1. The minimum Gasteiger partial charge on any atom is -0.480 e. The predicted molar refractivity (Wildman–Crippen MR) is 107 cm³/mol. The highest BCUT2D eigenvalue weighted by Gasteiger charge is 2.27. The number of carbonyl (C=O) groups excluding carboxylic acids is 1. The Labute approximate surface area is 162 Å². The highest BCUT2D eigenvalue weighted by molar-refractivity contribution is 5.96. The van der Waals surface area contributed by atoms with E-state index in [4.69, 9.17) is 0 Å². The van der Waals surface area contributed by atoms with Crippen molar-refractivity contribution in [2.45, 2.75) is 85.7 Å². The van der Waals surface area contributed by atoms with Crippen LogP contribution in [0.3, 0.4) is 0 Å². The molecule has 0 aromatic carbocycles. The van der Waals surface area contributed by atoms with Crippen LogP contribution in [-0.4, -0.2) is 27.6 Å². The lowest BCUT2D eigenvalue weighted by Gasteiger charge is -2.22. The Morgan fingerprint density at radius 1 is 1.19 bits per heavy atom. The van der Waals surface area contributed by atoms with Gasteiger partial charge in [-0.25, -0.2) is 4.79 Å². The van der Waals surface area contributed by atoms with Crippen molar-refractivity contribution >= 4 is 11.9 Å². The highest BCUT2D eigenvalue weighted by atomic mass is 16.4. The lowest BCUT2D eigenvalue weighted by molar-refractivity contribution is -0.140. The van der Waals surface area contributed by atoms with Crippen molar-refractivity contribution in [3.63, 3.8) is 0 Å². The van der Waals surface area contributed by atoms with E-state index in [2.05, 4.69) is 19.2 Å². The van der Waals surface area contributed by atoms with Crippen LogP contribution in [0.5, 0.6) is 0 Å². The molecule has 0 aliphatic carbocycles. The van der Waals surface area contributed by atoms with Crippen LogP contribution in [0.1, 0.15) is 81.9 Å². The van der Waals surface area contributed by atoms with Crippen LogP contribution in [0.2, 0.25) is 0 Å². The van der Waals surface area contributed by atoms with E-state index in [0.29, 0.717) is 13.0 Å². The van der Waals surface area contributed by atoms with Crippen molar-refractivity contribution in [2.75, 3.05) is 0 Å². The van der Waals surface area contributed by atoms with Crippen LogP contribution in [0.25, 0.3) is 0 Å². The number of aromatic nitrogens is 1. The minimum absolute atomic E-state index is 0.0392. The maximum absolute atomic E-state index is 13.0. The summed E-state index contributed by atoms with van der Waals surface area (Å²) in [7, 11) is 0. The average molecular weight is 379 g/mol. The molecule has 6 nitrogen and oxygen atoms in total. The molecule has 152 valence electrons. The summed E-state index contributed by atoms with van der Waals surface area (Å²) in [6.45, 7) is 10.4. The van der Waals surface area contributed by atoms with Gasteiger partial charge in [-0.05, 0) is 36.8 Å². The lowest BCUT2D eigenvalue weighted by Crippen LogP contribution is -2.47. The van der Waals surface area contributed by atoms with Crippen molar-refractivity contribution < 1.29 is 14.7 Å². The molecular weight excluding hydrogens is 344 g/mol. The molecule has 0 aliphatic rings. The molecule has 0 radical (unpaired) electrons. The number of rotatable bonds is 11. The number of nitrogens with one attached hydrogen (secondary N) is 1. The molecule has 0 saturated heterocycles. The number of hydrogen-bond donors (Lipinski definition) is 2. The summed E-state index contributed by atoms with van der Waals surface area (Å²) < 4.78 is 1.72. The number of carboxylic acids is 1. The Morgan fingerprint density at radius 2 is 1.85 bits per heavy atom. The summed E-state index contributed by atoms with van der Waals surface area (Å²) in [6.07, 6.45) is 4.84. The number of amides is 1. The number of carbonyl (C=O) groups is 2. The fourth-order valence-corrected chi connectivity index (χ4v) is 3.22. The molecule has 1 heterocycles. The molecule has 2 N–H and O–H groups in total. The van der Waals surface area contributed by atoms with Gasteiger partial charge in [0.2, 0.25) is 0 Å². The van der Waals surface area contributed by atoms with Gasteiger partial charge < -0.3 is 15.0 Å². The van der Waals surface area contributed by atoms with Crippen LogP contribution >= 0.6 is 0 Å². The summed E-state index contributed by atoms with van der Waals surface area (Å²) in [4.78, 5) is 37.3. The van der Waals surface area contributed by atoms with Gasteiger partial charge in [0.15, 0.2) is 0 Å². The standard InChI is InChI=1S/C21H34N2O4/c1-6-10-12-23-17(11-7-2)15(9-4)13-16(20(23)25)19(24)22-18(21(26)27)14(5)8-3/h13-14,18H,6-12H2,1-5H3,(H,22,24)(H,26,27)/t14-,18+/m1/s1. The molecule has 6 heteroatoms. The Kier molecular flexibility index (Phi) is 9.26. The second-order valence-corrected chi connectivity index (χ2v) is 7.12. The fourth-order valence-electron chi connectivity index (χ4n) is 3.22. The number of aliphatic carboxylic acids is 1. The summed E-state index contributed by atoms with van der Waals surface area (Å²) >= 11 is 0. The van der Waals surface area contributed by atoms with Gasteiger partial charge >= 0.3 is 5.97 Å². The quantitative estimate of drug-likeness (QED) is 0.618. The number of hydrogen-bond acceptors (Lipinski definition) is 3. The van der Waals surface area contributed by atoms with Crippen LogP contribution < -0.4 is 10.9 Å². The average Bonchev–Trinajstić information content (AvgIpc) is 2.65. The van der Waals surface area contributed by atoms with E-state index in [1.54, 1.807) is 17.6 Å². The third kappa shape index (κ3) is 5.68. The number of carboxylic acid groups (broad SMARTS) is 1. The largest absolute Gasteiger partial charge is 0.480 e. The molecule has 0 bridgehead atoms. The summed E-state index contributed by atoms with van der Waals surface area (Å²) in [5, 5.41) is 12.0. The van der Waals surface area contributed by atoms with Gasteiger partial charge in [-0.3, -0.25) is 9.59 Å². The fraction of sp³-hybridized carbons (Fsp3) is 0.667. The van der Waals surface area contributed by atoms with Gasteiger partial charge in [0.1, 0.15) is 11.6 Å². The molecule has 27 heavy (non-hydrogen) atoms. The Balaban J connectivity index is 3.39. The lowest BCUT2D eigenvalue weighted by atomic mass is 9.98. The van der Waals surface area contributed by atoms with Gasteiger partial charge in [-0.1, -0.05) is 53.9 Å². The first-order valence-corrected chi connectivity index (χ1v) is 10.1. The van der Waals surface area contributed by atoms with Crippen molar-refractivity contribution in [2.24, 2.45) is 5.92 Å². The third-order valence-electron chi connectivity index (χ3n) is 5.10. The van der Waals surface area contributed by atoms with Crippen LogP contribution in [-0.2, 0) is 24.2 Å². The van der Waals surface area contributed by atoms with Crippen molar-refractivity contribution in [1.82, 2.24) is 9.88 Å². The predicted octanol–water partition coefficient (Wildman–Crippen LogP) is 3.39. The highest BCUT2D eigenvalue weighted by Crippen LogP contribution is 2.15. The zero-order chi connectivity index (χ0) is 20.6. The molecule has 1 aromatic rings. The zero-order valence-corrected chi connectivity index (χ0v) is 17.3. The molecule has 0 aliphatic heterocycles. The molecule has 0 fully saturated rings.